The first-order chi connectivity index (χ1) is 11.8. The van der Waals surface area contributed by atoms with E-state index in [0.29, 0.717) is 18.2 Å². The summed E-state index contributed by atoms with van der Waals surface area (Å²) < 4.78 is 5.71. The first-order valence-electron chi connectivity index (χ1n) is 7.87. The molecule has 24 heavy (non-hydrogen) atoms. The highest BCUT2D eigenvalue weighted by Gasteiger charge is 2.09. The van der Waals surface area contributed by atoms with Crippen molar-refractivity contribution >= 4 is 10.8 Å². The maximum Gasteiger partial charge on any atom is 0.247 e. The lowest BCUT2D eigenvalue weighted by Crippen LogP contribution is -1.91. The fourth-order valence-corrected chi connectivity index (χ4v) is 2.72. The van der Waals surface area contributed by atoms with Crippen LogP contribution in [-0.4, -0.2) is 15.3 Å². The smallest absolute Gasteiger partial charge is 0.247 e. The first kappa shape index (κ1) is 14.5. The normalized spacial score (nSPS) is 11.0. The molecule has 0 aliphatic heterocycles. The summed E-state index contributed by atoms with van der Waals surface area (Å²) in [7, 11) is 0. The van der Waals surface area contributed by atoms with Gasteiger partial charge in [-0.15, -0.1) is 10.2 Å². The summed E-state index contributed by atoms with van der Waals surface area (Å²) in [5.74, 6) is 1.31. The second-order valence-electron chi connectivity index (χ2n) is 5.73. The molecule has 4 aromatic rings. The van der Waals surface area contributed by atoms with Crippen LogP contribution in [0, 0.1) is 0 Å². The molecule has 0 unspecified atom stereocenters. The van der Waals surface area contributed by atoms with E-state index >= 15 is 0 Å². The summed E-state index contributed by atoms with van der Waals surface area (Å²) in [5.41, 5.74) is 2.05. The van der Waals surface area contributed by atoms with Crippen LogP contribution in [0.5, 0.6) is 5.75 Å². The second kappa shape index (κ2) is 6.16. The van der Waals surface area contributed by atoms with E-state index in [1.807, 2.05) is 12.1 Å². The van der Waals surface area contributed by atoms with Gasteiger partial charge in [0.1, 0.15) is 5.75 Å². The zero-order valence-corrected chi connectivity index (χ0v) is 13.0. The lowest BCUT2D eigenvalue weighted by atomic mass is 10.0. The molecule has 4 heteroatoms. The minimum absolute atomic E-state index is 0.217. The molecule has 0 saturated heterocycles. The molecule has 0 fully saturated rings. The number of benzene rings is 3. The van der Waals surface area contributed by atoms with Crippen LogP contribution in [0.3, 0.4) is 0 Å². The fourth-order valence-electron chi connectivity index (χ4n) is 2.72. The van der Waals surface area contributed by atoms with Crippen LogP contribution in [0.4, 0.5) is 0 Å². The molecule has 0 spiro atoms. The number of nitrogens with zero attached hydrogens (tertiary/aromatic N) is 2. The molecule has 3 aromatic carbocycles. The monoisotopic (exact) mass is 316 g/mol. The van der Waals surface area contributed by atoms with Crippen LogP contribution in [0.15, 0.2) is 71.1 Å². The van der Waals surface area contributed by atoms with Gasteiger partial charge in [0.05, 0.1) is 0 Å². The Hall–Kier alpha value is -3.14. The Morgan fingerprint density at radius 1 is 0.792 bits per heavy atom. The van der Waals surface area contributed by atoms with Gasteiger partial charge in [0.25, 0.3) is 0 Å². The number of fused-ring (bicyclic) bond motifs is 1. The molecule has 4 rings (SSSR count). The zero-order valence-electron chi connectivity index (χ0n) is 13.0. The van der Waals surface area contributed by atoms with Gasteiger partial charge in [-0.2, -0.15) is 0 Å². The summed E-state index contributed by atoms with van der Waals surface area (Å²) in [6, 6.07) is 21.5. The summed E-state index contributed by atoms with van der Waals surface area (Å²) in [6.45, 7) is 0. The molecule has 118 valence electrons. The van der Waals surface area contributed by atoms with Crippen molar-refractivity contribution in [1.29, 1.82) is 0 Å². The maximum atomic E-state index is 9.33. The molecule has 0 aliphatic rings. The highest BCUT2D eigenvalue weighted by molar-refractivity contribution is 5.82. The third-order valence-corrected chi connectivity index (χ3v) is 4.02. The Balaban J connectivity index is 1.48. The van der Waals surface area contributed by atoms with Gasteiger partial charge in [-0.25, -0.2) is 0 Å². The Kier molecular flexibility index (Phi) is 3.71. The van der Waals surface area contributed by atoms with E-state index in [2.05, 4.69) is 40.5 Å². The first-order valence-corrected chi connectivity index (χ1v) is 7.87. The van der Waals surface area contributed by atoms with Crippen LogP contribution in [-0.2, 0) is 12.8 Å². The zero-order chi connectivity index (χ0) is 16.4. The van der Waals surface area contributed by atoms with Gasteiger partial charge in [0.2, 0.25) is 11.8 Å². The van der Waals surface area contributed by atoms with E-state index in [1.165, 1.54) is 16.3 Å². The van der Waals surface area contributed by atoms with E-state index in [9.17, 15) is 5.11 Å². The van der Waals surface area contributed by atoms with Gasteiger partial charge in [-0.05, 0) is 47.0 Å². The summed E-state index contributed by atoms with van der Waals surface area (Å²) >= 11 is 0. The molecule has 0 amide bonds. The predicted octanol–water partition coefficient (Wildman–Crippen LogP) is 4.38. The van der Waals surface area contributed by atoms with E-state index in [4.69, 9.17) is 4.42 Å². The number of phenols is 1. The van der Waals surface area contributed by atoms with Crippen molar-refractivity contribution in [2.24, 2.45) is 0 Å². The molecule has 0 radical (unpaired) electrons. The third kappa shape index (κ3) is 2.99. The molecular formula is C20H16N2O2. The molecule has 1 N–H and O–H groups in total. The molecule has 1 heterocycles. The van der Waals surface area contributed by atoms with Crippen molar-refractivity contribution < 1.29 is 9.52 Å². The Morgan fingerprint density at radius 2 is 1.58 bits per heavy atom. The summed E-state index contributed by atoms with van der Waals surface area (Å²) in [4.78, 5) is 0. The van der Waals surface area contributed by atoms with Crippen molar-refractivity contribution in [3.63, 3.8) is 0 Å². The summed E-state index contributed by atoms with van der Waals surface area (Å²) in [5, 5.41) is 20.0. The Bertz CT molecular complexity index is 974. The third-order valence-electron chi connectivity index (χ3n) is 4.02. The van der Waals surface area contributed by atoms with Crippen molar-refractivity contribution in [3.8, 4) is 17.2 Å². The predicted molar refractivity (Wildman–Crippen MR) is 92.8 cm³/mol. The fraction of sp³-hybridized carbons (Fsp3) is 0.100. The number of hydrogen-bond donors (Lipinski definition) is 1. The molecular weight excluding hydrogens is 300 g/mol. The number of phenolic OH excluding ortho intramolecular Hbond substituents is 1. The Labute approximate surface area is 139 Å². The number of aryl methyl sites for hydroxylation is 2. The number of aromatic hydroxyl groups is 1. The standard InChI is InChI=1S/C20H16N2O2/c23-18-10-8-16(9-11-18)20-22-21-19(24-20)12-6-14-5-7-15-3-1-2-4-17(15)13-14/h1-5,7-11,13,23H,6,12H2. The molecule has 1 aromatic heterocycles. The van der Waals surface area contributed by atoms with Crippen molar-refractivity contribution in [2.75, 3.05) is 0 Å². The second-order valence-corrected chi connectivity index (χ2v) is 5.73. The highest BCUT2D eigenvalue weighted by atomic mass is 16.4. The van der Waals surface area contributed by atoms with Crippen LogP contribution in [0.2, 0.25) is 0 Å². The van der Waals surface area contributed by atoms with Crippen LogP contribution in [0.1, 0.15) is 11.5 Å². The van der Waals surface area contributed by atoms with Crippen molar-refractivity contribution in [1.82, 2.24) is 10.2 Å². The molecule has 0 atom stereocenters. The number of aromatic nitrogens is 2. The van der Waals surface area contributed by atoms with E-state index in [0.717, 1.165) is 12.0 Å². The maximum absolute atomic E-state index is 9.33. The van der Waals surface area contributed by atoms with Crippen LogP contribution < -0.4 is 0 Å². The Morgan fingerprint density at radius 3 is 2.42 bits per heavy atom. The van der Waals surface area contributed by atoms with Gasteiger partial charge in [0.15, 0.2) is 0 Å². The number of hydrogen-bond acceptors (Lipinski definition) is 4. The van der Waals surface area contributed by atoms with Gasteiger partial charge >= 0.3 is 0 Å². The van der Waals surface area contributed by atoms with Crippen LogP contribution >= 0.6 is 0 Å². The molecule has 0 aliphatic carbocycles. The van der Waals surface area contributed by atoms with Gasteiger partial charge < -0.3 is 9.52 Å². The van der Waals surface area contributed by atoms with Crippen molar-refractivity contribution in [2.45, 2.75) is 12.8 Å². The average molecular weight is 316 g/mol. The lowest BCUT2D eigenvalue weighted by Gasteiger charge is -2.02. The summed E-state index contributed by atoms with van der Waals surface area (Å²) in [6.07, 6.45) is 1.55. The average Bonchev–Trinajstić information content (AvgIpc) is 3.09. The van der Waals surface area contributed by atoms with E-state index in [1.54, 1.807) is 24.3 Å². The quantitative estimate of drug-likeness (QED) is 0.607. The lowest BCUT2D eigenvalue weighted by molar-refractivity contribution is 0.475. The van der Waals surface area contributed by atoms with Crippen molar-refractivity contribution in [3.05, 3.63) is 78.2 Å². The minimum atomic E-state index is 0.217. The van der Waals surface area contributed by atoms with Gasteiger partial charge in [0, 0.05) is 12.0 Å². The highest BCUT2D eigenvalue weighted by Crippen LogP contribution is 2.21. The van der Waals surface area contributed by atoms with Crippen LogP contribution in [0.25, 0.3) is 22.2 Å². The van der Waals surface area contributed by atoms with E-state index < -0.39 is 0 Å². The number of rotatable bonds is 4. The molecule has 4 nitrogen and oxygen atoms in total. The van der Waals surface area contributed by atoms with E-state index in [-0.39, 0.29) is 5.75 Å². The van der Waals surface area contributed by atoms with Gasteiger partial charge in [-0.1, -0.05) is 42.5 Å². The molecule has 0 bridgehead atoms. The molecule has 0 saturated carbocycles. The minimum Gasteiger partial charge on any atom is -0.508 e. The van der Waals surface area contributed by atoms with Gasteiger partial charge in [-0.3, -0.25) is 0 Å². The largest absolute Gasteiger partial charge is 0.508 e. The topological polar surface area (TPSA) is 59.2 Å². The SMILES string of the molecule is Oc1ccc(-c2nnc(CCc3ccc4ccccc4c3)o2)cc1.